The predicted molar refractivity (Wildman–Crippen MR) is 79.4 cm³/mol. The molecule has 0 aromatic rings. The minimum Gasteiger partial charge on any atom is -0.303 e. The molecule has 1 atom stereocenters. The zero-order valence-electron chi connectivity index (χ0n) is 11.0. The summed E-state index contributed by atoms with van der Waals surface area (Å²) >= 11 is 6.12. The molecule has 0 aromatic carbocycles. The standard InChI is InChI=1S/C10H17Br2N2O3P/c1-7(2)16-18(15,17-8(3)4)10(5,6-13)14-9(11)12/h7-8H,1-5H3. The smallest absolute Gasteiger partial charge is 0.303 e. The Morgan fingerprint density at radius 3 is 1.89 bits per heavy atom. The van der Waals surface area contributed by atoms with E-state index in [1.54, 1.807) is 27.7 Å². The number of nitriles is 1. The minimum atomic E-state index is -3.72. The molecule has 0 N–H and O–H groups in total. The highest BCUT2D eigenvalue weighted by molar-refractivity contribution is 9.39. The molecule has 0 rings (SSSR count). The molecule has 0 aliphatic carbocycles. The normalized spacial score (nSPS) is 15.3. The van der Waals surface area contributed by atoms with Crippen LogP contribution >= 0.6 is 39.5 Å². The van der Waals surface area contributed by atoms with Crippen molar-refractivity contribution < 1.29 is 13.6 Å². The van der Waals surface area contributed by atoms with E-state index >= 15 is 0 Å². The average Bonchev–Trinajstić information content (AvgIpc) is 2.13. The summed E-state index contributed by atoms with van der Waals surface area (Å²) in [7, 11) is -3.72. The van der Waals surface area contributed by atoms with E-state index in [2.05, 4.69) is 36.9 Å². The highest BCUT2D eigenvalue weighted by atomic mass is 79.9. The summed E-state index contributed by atoms with van der Waals surface area (Å²) in [6, 6.07) is 1.90. The Labute approximate surface area is 125 Å². The lowest BCUT2D eigenvalue weighted by molar-refractivity contribution is 0.133. The van der Waals surface area contributed by atoms with E-state index in [9.17, 15) is 9.83 Å². The van der Waals surface area contributed by atoms with Crippen LogP contribution in [0.4, 0.5) is 0 Å². The van der Waals surface area contributed by atoms with Crippen molar-refractivity contribution >= 4 is 43.0 Å². The van der Waals surface area contributed by atoms with Crippen LogP contribution in [0.25, 0.3) is 0 Å². The maximum atomic E-state index is 12.8. The number of nitrogens with zero attached hydrogens (tertiary/aromatic N) is 2. The van der Waals surface area contributed by atoms with Gasteiger partial charge in [-0.05, 0) is 66.5 Å². The zero-order chi connectivity index (χ0) is 14.6. The van der Waals surface area contributed by atoms with Crippen LogP contribution in [0, 0.1) is 11.3 Å². The minimum absolute atomic E-state index is 0.277. The molecule has 0 fully saturated rings. The van der Waals surface area contributed by atoms with Gasteiger partial charge in [0.25, 0.3) is 0 Å². The number of hydrogen-bond donors (Lipinski definition) is 0. The monoisotopic (exact) mass is 402 g/mol. The molecule has 0 saturated heterocycles. The van der Waals surface area contributed by atoms with Crippen LogP contribution in [0.2, 0.25) is 0 Å². The van der Waals surface area contributed by atoms with E-state index < -0.39 is 12.9 Å². The maximum absolute atomic E-state index is 12.8. The van der Waals surface area contributed by atoms with Gasteiger partial charge < -0.3 is 9.05 Å². The first-order chi connectivity index (χ1) is 8.06. The molecule has 0 spiro atoms. The van der Waals surface area contributed by atoms with Crippen molar-refractivity contribution in [3.05, 3.63) is 0 Å². The van der Waals surface area contributed by atoms with Crippen molar-refractivity contribution in [3.63, 3.8) is 0 Å². The molecule has 0 saturated carbocycles. The Balaban J connectivity index is 5.62. The molecule has 0 aromatic heterocycles. The summed E-state index contributed by atoms with van der Waals surface area (Å²) < 4.78 is 23.8. The molecular weight excluding hydrogens is 387 g/mol. The summed E-state index contributed by atoms with van der Waals surface area (Å²) in [5, 5.41) is 7.66. The summed E-state index contributed by atoms with van der Waals surface area (Å²) in [5.74, 6) is 0. The van der Waals surface area contributed by atoms with E-state index in [1.165, 1.54) is 6.92 Å². The Morgan fingerprint density at radius 2 is 1.67 bits per heavy atom. The van der Waals surface area contributed by atoms with Crippen molar-refractivity contribution in [1.29, 1.82) is 5.26 Å². The molecule has 1 unspecified atom stereocenters. The molecule has 0 aliphatic heterocycles. The van der Waals surface area contributed by atoms with E-state index in [-0.39, 0.29) is 15.7 Å². The van der Waals surface area contributed by atoms with Gasteiger partial charge >= 0.3 is 7.60 Å². The van der Waals surface area contributed by atoms with Crippen molar-refractivity contribution in [1.82, 2.24) is 0 Å². The second-order valence-electron chi connectivity index (χ2n) is 4.29. The lowest BCUT2D eigenvalue weighted by atomic mass is 10.4. The van der Waals surface area contributed by atoms with Crippen molar-refractivity contribution in [2.45, 2.75) is 52.1 Å². The number of rotatable bonds is 6. The molecular formula is C10H17Br2N2O3P. The van der Waals surface area contributed by atoms with Gasteiger partial charge in [0, 0.05) is 0 Å². The van der Waals surface area contributed by atoms with E-state index in [0.29, 0.717) is 0 Å². The fourth-order valence-corrected chi connectivity index (χ4v) is 4.00. The molecule has 0 heterocycles. The van der Waals surface area contributed by atoms with Gasteiger partial charge in [0.2, 0.25) is 5.28 Å². The third-order valence-electron chi connectivity index (χ3n) is 1.75. The SMILES string of the molecule is CC(C)OP(=O)(OC(C)C)C(C)(C#N)N=C(Br)Br. The first-order valence-corrected chi connectivity index (χ1v) is 8.48. The highest BCUT2D eigenvalue weighted by Crippen LogP contribution is 2.62. The first-order valence-electron chi connectivity index (χ1n) is 5.35. The van der Waals surface area contributed by atoms with Crippen molar-refractivity contribution in [2.24, 2.45) is 4.99 Å². The van der Waals surface area contributed by atoms with Crippen LogP contribution in [0.1, 0.15) is 34.6 Å². The summed E-state index contributed by atoms with van der Waals surface area (Å²) in [5.41, 5.74) is 0. The molecule has 5 nitrogen and oxygen atoms in total. The largest absolute Gasteiger partial charge is 0.372 e. The first kappa shape index (κ1) is 18.3. The van der Waals surface area contributed by atoms with Crippen LogP contribution in [-0.4, -0.2) is 21.0 Å². The van der Waals surface area contributed by atoms with Crippen LogP contribution < -0.4 is 0 Å². The lowest BCUT2D eigenvalue weighted by Crippen LogP contribution is -2.26. The Morgan fingerprint density at radius 1 is 1.28 bits per heavy atom. The van der Waals surface area contributed by atoms with Gasteiger partial charge in [-0.2, -0.15) is 5.26 Å². The van der Waals surface area contributed by atoms with Crippen molar-refractivity contribution in [3.8, 4) is 6.07 Å². The molecule has 18 heavy (non-hydrogen) atoms. The van der Waals surface area contributed by atoms with Gasteiger partial charge in [0.1, 0.15) is 9.60 Å². The van der Waals surface area contributed by atoms with Gasteiger partial charge in [-0.3, -0.25) is 4.57 Å². The molecule has 0 bridgehead atoms. The van der Waals surface area contributed by atoms with Gasteiger partial charge in [-0.25, -0.2) is 4.99 Å². The van der Waals surface area contributed by atoms with Crippen LogP contribution in [0.3, 0.4) is 0 Å². The van der Waals surface area contributed by atoms with E-state index in [1.807, 2.05) is 6.07 Å². The summed E-state index contributed by atoms with van der Waals surface area (Å²) in [6.07, 6.45) is -0.682. The summed E-state index contributed by atoms with van der Waals surface area (Å²) in [4.78, 5) is 3.98. The molecule has 0 radical (unpaired) electrons. The van der Waals surface area contributed by atoms with Crippen LogP contribution in [-0.2, 0) is 13.6 Å². The Hall–Kier alpha value is 0.270. The van der Waals surface area contributed by atoms with Gasteiger partial charge in [0.05, 0.1) is 12.2 Å². The fourth-order valence-electron chi connectivity index (χ4n) is 1.10. The average molecular weight is 404 g/mol. The Bertz CT molecular complexity index is 388. The predicted octanol–water partition coefficient (Wildman–Crippen LogP) is 4.42. The zero-order valence-corrected chi connectivity index (χ0v) is 15.0. The van der Waals surface area contributed by atoms with Gasteiger partial charge in [0.15, 0.2) is 0 Å². The summed E-state index contributed by atoms with van der Waals surface area (Å²) in [6.45, 7) is 8.31. The van der Waals surface area contributed by atoms with Crippen LogP contribution in [0.5, 0.6) is 0 Å². The highest BCUT2D eigenvalue weighted by Gasteiger charge is 2.50. The molecule has 8 heteroatoms. The third-order valence-corrected chi connectivity index (χ3v) is 4.77. The Kier molecular flexibility index (Phi) is 7.27. The van der Waals surface area contributed by atoms with Gasteiger partial charge in [-0.15, -0.1) is 0 Å². The van der Waals surface area contributed by atoms with Crippen molar-refractivity contribution in [2.75, 3.05) is 0 Å². The lowest BCUT2D eigenvalue weighted by Gasteiger charge is -2.30. The van der Waals surface area contributed by atoms with E-state index in [4.69, 9.17) is 9.05 Å². The number of halogens is 2. The van der Waals surface area contributed by atoms with Crippen LogP contribution in [0.15, 0.2) is 4.99 Å². The number of hydrogen-bond acceptors (Lipinski definition) is 5. The quantitative estimate of drug-likeness (QED) is 0.486. The second kappa shape index (κ2) is 7.16. The maximum Gasteiger partial charge on any atom is 0.372 e. The second-order valence-corrected chi connectivity index (χ2v) is 9.14. The number of aliphatic imine (C=N–C) groups is 1. The molecule has 104 valence electrons. The molecule has 0 amide bonds. The molecule has 0 aliphatic rings. The third kappa shape index (κ3) is 5.10. The fraction of sp³-hybridized carbons (Fsp3) is 0.800. The van der Waals surface area contributed by atoms with Gasteiger partial charge in [-0.1, -0.05) is 0 Å². The van der Waals surface area contributed by atoms with E-state index in [0.717, 1.165) is 0 Å². The topological polar surface area (TPSA) is 71.7 Å².